The van der Waals surface area contributed by atoms with Gasteiger partial charge in [0.15, 0.2) is 6.29 Å². The molecule has 2 aromatic rings. The van der Waals surface area contributed by atoms with E-state index in [9.17, 15) is 13.6 Å². The largest absolute Gasteiger partial charge is 0.345 e. The van der Waals surface area contributed by atoms with Gasteiger partial charge in [-0.15, -0.1) is 11.3 Å². The summed E-state index contributed by atoms with van der Waals surface area (Å²) in [5.74, 6) is -2.05. The molecule has 3 nitrogen and oxygen atoms in total. The van der Waals surface area contributed by atoms with E-state index in [4.69, 9.17) is 9.47 Å². The summed E-state index contributed by atoms with van der Waals surface area (Å²) >= 11 is 1.19. The van der Waals surface area contributed by atoms with Gasteiger partial charge in [-0.25, -0.2) is 8.78 Å². The first-order valence-corrected chi connectivity index (χ1v) is 6.79. The summed E-state index contributed by atoms with van der Waals surface area (Å²) in [6, 6.07) is 6.22. The van der Waals surface area contributed by atoms with Crippen molar-refractivity contribution in [3.05, 3.63) is 57.3 Å². The molecule has 0 unspecified atom stereocenters. The van der Waals surface area contributed by atoms with E-state index in [1.165, 1.54) is 11.3 Å². The van der Waals surface area contributed by atoms with Crippen molar-refractivity contribution in [1.29, 1.82) is 0 Å². The zero-order valence-corrected chi connectivity index (χ0v) is 11.1. The van der Waals surface area contributed by atoms with Crippen molar-refractivity contribution in [2.75, 3.05) is 13.2 Å². The molecule has 104 valence electrons. The zero-order chi connectivity index (χ0) is 14.1. The summed E-state index contributed by atoms with van der Waals surface area (Å²) in [6.07, 6.45) is -0.459. The van der Waals surface area contributed by atoms with E-state index in [-0.39, 0.29) is 5.56 Å². The predicted octanol–water partition coefficient (Wildman–Crippen LogP) is 3.30. The molecule has 0 atom stereocenters. The molecule has 6 heteroatoms. The first-order chi connectivity index (χ1) is 9.65. The van der Waals surface area contributed by atoms with Gasteiger partial charge in [0, 0.05) is 6.07 Å². The number of thiophene rings is 1. The fraction of sp³-hybridized carbons (Fsp3) is 0.214. The lowest BCUT2D eigenvalue weighted by atomic mass is 10.1. The van der Waals surface area contributed by atoms with Crippen LogP contribution in [0.3, 0.4) is 0 Å². The van der Waals surface area contributed by atoms with E-state index in [1.54, 1.807) is 12.1 Å². The van der Waals surface area contributed by atoms with E-state index in [1.807, 2.05) is 0 Å². The van der Waals surface area contributed by atoms with Gasteiger partial charge in [0.25, 0.3) is 0 Å². The highest BCUT2D eigenvalue weighted by Crippen LogP contribution is 2.31. The van der Waals surface area contributed by atoms with Crippen molar-refractivity contribution in [2.24, 2.45) is 0 Å². The Bertz CT molecular complexity index is 648. The first kappa shape index (κ1) is 13.4. The van der Waals surface area contributed by atoms with Crippen molar-refractivity contribution in [3.8, 4) is 0 Å². The Morgan fingerprint density at radius 3 is 2.60 bits per heavy atom. The number of hydrogen-bond acceptors (Lipinski definition) is 4. The average Bonchev–Trinajstić information content (AvgIpc) is 3.09. The van der Waals surface area contributed by atoms with Gasteiger partial charge in [0.05, 0.1) is 28.5 Å². The summed E-state index contributed by atoms with van der Waals surface area (Å²) in [7, 11) is 0. The van der Waals surface area contributed by atoms with E-state index in [0.29, 0.717) is 24.2 Å². The van der Waals surface area contributed by atoms with E-state index >= 15 is 0 Å². The maximum atomic E-state index is 13.6. The molecule has 1 aromatic heterocycles. The average molecular weight is 296 g/mol. The van der Waals surface area contributed by atoms with Gasteiger partial charge in [-0.05, 0) is 24.3 Å². The van der Waals surface area contributed by atoms with Gasteiger partial charge in [0.2, 0.25) is 5.78 Å². The molecule has 0 N–H and O–H groups in total. The standard InChI is InChI=1S/C14H10F2O3S/c15-8-1-2-9(10(16)7-8)13(17)11-3-4-12(20-11)14-18-5-6-19-14/h1-4,7,14H,5-6H2. The quantitative estimate of drug-likeness (QED) is 0.815. The zero-order valence-electron chi connectivity index (χ0n) is 10.3. The third-order valence-electron chi connectivity index (χ3n) is 2.88. The maximum Gasteiger partial charge on any atom is 0.205 e. The van der Waals surface area contributed by atoms with Crippen LogP contribution in [0.5, 0.6) is 0 Å². The van der Waals surface area contributed by atoms with Crippen LogP contribution in [0.4, 0.5) is 8.78 Å². The minimum absolute atomic E-state index is 0.145. The lowest BCUT2D eigenvalue weighted by Gasteiger charge is -2.04. The summed E-state index contributed by atoms with van der Waals surface area (Å²) in [4.78, 5) is 13.3. The molecule has 1 aromatic carbocycles. The molecule has 1 aliphatic heterocycles. The Labute approximate surface area is 117 Å². The van der Waals surface area contributed by atoms with Crippen LogP contribution in [-0.2, 0) is 9.47 Å². The minimum atomic E-state index is -0.863. The second-order valence-electron chi connectivity index (χ2n) is 4.23. The number of carbonyl (C=O) groups excluding carboxylic acids is 1. The van der Waals surface area contributed by atoms with Crippen LogP contribution < -0.4 is 0 Å². The Hall–Kier alpha value is -1.63. The highest BCUT2D eigenvalue weighted by Gasteiger charge is 2.23. The van der Waals surface area contributed by atoms with Gasteiger partial charge in [0.1, 0.15) is 11.6 Å². The molecule has 1 aliphatic rings. The molecule has 2 heterocycles. The third kappa shape index (κ3) is 2.49. The van der Waals surface area contributed by atoms with Crippen LogP contribution in [0.15, 0.2) is 30.3 Å². The Balaban J connectivity index is 1.86. The van der Waals surface area contributed by atoms with E-state index < -0.39 is 23.7 Å². The normalized spacial score (nSPS) is 15.7. The van der Waals surface area contributed by atoms with Gasteiger partial charge in [-0.2, -0.15) is 0 Å². The number of rotatable bonds is 3. The third-order valence-corrected chi connectivity index (χ3v) is 3.99. The number of benzene rings is 1. The lowest BCUT2D eigenvalue weighted by Crippen LogP contribution is -2.02. The number of hydrogen-bond donors (Lipinski definition) is 0. The Morgan fingerprint density at radius 2 is 1.90 bits per heavy atom. The van der Waals surface area contributed by atoms with E-state index in [0.717, 1.165) is 17.0 Å². The number of halogens is 2. The molecule has 0 radical (unpaired) electrons. The van der Waals surface area contributed by atoms with Crippen molar-refractivity contribution >= 4 is 17.1 Å². The molecule has 1 saturated heterocycles. The molecule has 20 heavy (non-hydrogen) atoms. The molecule has 0 bridgehead atoms. The minimum Gasteiger partial charge on any atom is -0.345 e. The molecule has 1 fully saturated rings. The maximum absolute atomic E-state index is 13.6. The fourth-order valence-corrected chi connectivity index (χ4v) is 2.89. The van der Waals surface area contributed by atoms with Crippen molar-refractivity contribution in [1.82, 2.24) is 0 Å². The Morgan fingerprint density at radius 1 is 1.15 bits per heavy atom. The second-order valence-corrected chi connectivity index (χ2v) is 5.34. The van der Waals surface area contributed by atoms with Gasteiger partial charge >= 0.3 is 0 Å². The number of carbonyl (C=O) groups is 1. The first-order valence-electron chi connectivity index (χ1n) is 5.98. The SMILES string of the molecule is O=C(c1ccc(C2OCCO2)s1)c1ccc(F)cc1F. The summed E-state index contributed by atoms with van der Waals surface area (Å²) in [5, 5.41) is 0. The highest BCUT2D eigenvalue weighted by molar-refractivity contribution is 7.14. The van der Waals surface area contributed by atoms with Crippen molar-refractivity contribution in [3.63, 3.8) is 0 Å². The van der Waals surface area contributed by atoms with Crippen LogP contribution >= 0.6 is 11.3 Å². The lowest BCUT2D eigenvalue weighted by molar-refractivity contribution is -0.0413. The molecular weight excluding hydrogens is 286 g/mol. The summed E-state index contributed by atoms with van der Waals surface area (Å²) in [5.41, 5.74) is -0.145. The summed E-state index contributed by atoms with van der Waals surface area (Å²) < 4.78 is 37.1. The molecule has 0 spiro atoms. The molecule has 0 aliphatic carbocycles. The number of ether oxygens (including phenoxy) is 2. The fourth-order valence-electron chi connectivity index (χ4n) is 1.93. The molecule has 0 amide bonds. The van der Waals surface area contributed by atoms with Crippen LogP contribution in [0.25, 0.3) is 0 Å². The highest BCUT2D eigenvalue weighted by atomic mass is 32.1. The van der Waals surface area contributed by atoms with Gasteiger partial charge < -0.3 is 9.47 Å². The van der Waals surface area contributed by atoms with Crippen LogP contribution in [-0.4, -0.2) is 19.0 Å². The van der Waals surface area contributed by atoms with Crippen molar-refractivity contribution < 1.29 is 23.0 Å². The van der Waals surface area contributed by atoms with Crippen LogP contribution in [0, 0.1) is 11.6 Å². The van der Waals surface area contributed by atoms with Crippen LogP contribution in [0.1, 0.15) is 26.4 Å². The predicted molar refractivity (Wildman–Crippen MR) is 68.8 cm³/mol. The molecular formula is C14H10F2O3S. The van der Waals surface area contributed by atoms with Gasteiger partial charge in [-0.3, -0.25) is 4.79 Å². The molecule has 0 saturated carbocycles. The van der Waals surface area contributed by atoms with Crippen molar-refractivity contribution in [2.45, 2.75) is 6.29 Å². The number of ketones is 1. The van der Waals surface area contributed by atoms with Crippen LogP contribution in [0.2, 0.25) is 0 Å². The topological polar surface area (TPSA) is 35.5 Å². The van der Waals surface area contributed by atoms with Gasteiger partial charge in [-0.1, -0.05) is 0 Å². The Kier molecular flexibility index (Phi) is 3.60. The monoisotopic (exact) mass is 296 g/mol. The smallest absolute Gasteiger partial charge is 0.205 e. The van der Waals surface area contributed by atoms with E-state index in [2.05, 4.69) is 0 Å². The second kappa shape index (κ2) is 5.40. The molecule has 3 rings (SSSR count). The summed E-state index contributed by atoms with van der Waals surface area (Å²) in [6.45, 7) is 1.02.